The maximum absolute atomic E-state index is 12.0. The number of nitrogens with one attached hydrogen (secondary N) is 2. The predicted octanol–water partition coefficient (Wildman–Crippen LogP) is 2.73. The van der Waals surface area contributed by atoms with Gasteiger partial charge in [0.05, 0.1) is 12.1 Å². The minimum absolute atomic E-state index is 0.0194. The second kappa shape index (κ2) is 8.85. The maximum atomic E-state index is 12.0. The molecule has 0 spiro atoms. The quantitative estimate of drug-likeness (QED) is 0.643. The number of aromatic nitrogens is 1. The van der Waals surface area contributed by atoms with Crippen molar-refractivity contribution < 1.29 is 18.7 Å². The van der Waals surface area contributed by atoms with Crippen LogP contribution in [0.1, 0.15) is 16.8 Å². The number of aryl methyl sites for hydroxylation is 2. The average Bonchev–Trinajstić information content (AvgIpc) is 3.16. The first kappa shape index (κ1) is 19.2. The molecule has 2 amide bonds. The SMILES string of the molecule is Cc1ccc(C)c(OCC(=O)NNC(=O)Cc2coc(-c3ccccc3)n2)c1. The molecule has 28 heavy (non-hydrogen) atoms. The fourth-order valence-electron chi connectivity index (χ4n) is 2.49. The molecule has 3 aromatic rings. The molecule has 0 bridgehead atoms. The molecule has 1 heterocycles. The van der Waals surface area contributed by atoms with E-state index >= 15 is 0 Å². The molecule has 7 nitrogen and oxygen atoms in total. The number of rotatable bonds is 6. The monoisotopic (exact) mass is 379 g/mol. The third kappa shape index (κ3) is 5.20. The summed E-state index contributed by atoms with van der Waals surface area (Å²) in [7, 11) is 0. The second-order valence-corrected chi connectivity index (χ2v) is 6.34. The minimum atomic E-state index is -0.459. The molecular weight excluding hydrogens is 358 g/mol. The summed E-state index contributed by atoms with van der Waals surface area (Å²) in [5, 5.41) is 0. The number of carbonyl (C=O) groups excluding carboxylic acids is 2. The van der Waals surface area contributed by atoms with Gasteiger partial charge in [-0.2, -0.15) is 0 Å². The van der Waals surface area contributed by atoms with Gasteiger partial charge in [0.1, 0.15) is 12.0 Å². The zero-order valence-electron chi connectivity index (χ0n) is 15.7. The molecule has 0 saturated heterocycles. The molecule has 2 aromatic carbocycles. The van der Waals surface area contributed by atoms with Crippen LogP contribution in [0, 0.1) is 13.8 Å². The summed E-state index contributed by atoms with van der Waals surface area (Å²) in [5.74, 6) is 0.208. The Labute approximate surface area is 162 Å². The fraction of sp³-hybridized carbons (Fsp3) is 0.190. The number of hydrazine groups is 1. The highest BCUT2D eigenvalue weighted by Gasteiger charge is 2.11. The van der Waals surface area contributed by atoms with Gasteiger partial charge in [-0.25, -0.2) is 4.98 Å². The van der Waals surface area contributed by atoms with Crippen LogP contribution in [0.2, 0.25) is 0 Å². The summed E-state index contributed by atoms with van der Waals surface area (Å²) < 4.78 is 10.9. The Bertz CT molecular complexity index is 967. The Hall–Kier alpha value is -3.61. The number of hydrogen-bond acceptors (Lipinski definition) is 5. The van der Waals surface area contributed by atoms with Crippen molar-refractivity contribution in [3.63, 3.8) is 0 Å². The lowest BCUT2D eigenvalue weighted by Crippen LogP contribution is -2.44. The Morgan fingerprint density at radius 3 is 2.57 bits per heavy atom. The number of benzene rings is 2. The molecule has 0 radical (unpaired) electrons. The van der Waals surface area contributed by atoms with Crippen LogP contribution in [0.3, 0.4) is 0 Å². The van der Waals surface area contributed by atoms with E-state index in [1.54, 1.807) is 0 Å². The zero-order valence-corrected chi connectivity index (χ0v) is 15.7. The molecule has 0 saturated carbocycles. The number of nitrogens with zero attached hydrogens (tertiary/aromatic N) is 1. The third-order valence-electron chi connectivity index (χ3n) is 3.96. The number of oxazole rings is 1. The molecule has 0 atom stereocenters. The van der Waals surface area contributed by atoms with Crippen molar-refractivity contribution in [2.75, 3.05) is 6.61 Å². The molecule has 3 rings (SSSR count). The van der Waals surface area contributed by atoms with E-state index in [1.807, 2.05) is 62.4 Å². The van der Waals surface area contributed by atoms with E-state index in [9.17, 15) is 9.59 Å². The van der Waals surface area contributed by atoms with Crippen molar-refractivity contribution in [1.29, 1.82) is 0 Å². The van der Waals surface area contributed by atoms with Gasteiger partial charge >= 0.3 is 0 Å². The van der Waals surface area contributed by atoms with E-state index in [0.717, 1.165) is 16.7 Å². The lowest BCUT2D eigenvalue weighted by atomic mass is 10.1. The van der Waals surface area contributed by atoms with Crippen molar-refractivity contribution in [2.24, 2.45) is 0 Å². The molecule has 7 heteroatoms. The van der Waals surface area contributed by atoms with Gasteiger partial charge in [0, 0.05) is 5.56 Å². The molecule has 0 unspecified atom stereocenters. The first-order valence-corrected chi connectivity index (χ1v) is 8.79. The van der Waals surface area contributed by atoms with Crippen molar-refractivity contribution in [3.05, 3.63) is 71.6 Å². The van der Waals surface area contributed by atoms with Crippen LogP contribution in [0.5, 0.6) is 5.75 Å². The smallest absolute Gasteiger partial charge is 0.276 e. The van der Waals surface area contributed by atoms with E-state index in [2.05, 4.69) is 15.8 Å². The van der Waals surface area contributed by atoms with E-state index < -0.39 is 11.8 Å². The Morgan fingerprint density at radius 1 is 1.04 bits per heavy atom. The lowest BCUT2D eigenvalue weighted by molar-refractivity contribution is -0.129. The highest BCUT2D eigenvalue weighted by Crippen LogP contribution is 2.19. The van der Waals surface area contributed by atoms with Gasteiger partial charge in [-0.1, -0.05) is 30.3 Å². The Kier molecular flexibility index (Phi) is 6.06. The van der Waals surface area contributed by atoms with E-state index in [-0.39, 0.29) is 13.0 Å². The first-order chi connectivity index (χ1) is 13.5. The van der Waals surface area contributed by atoms with Crippen LogP contribution >= 0.6 is 0 Å². The maximum Gasteiger partial charge on any atom is 0.276 e. The predicted molar refractivity (Wildman–Crippen MR) is 103 cm³/mol. The highest BCUT2D eigenvalue weighted by atomic mass is 16.5. The van der Waals surface area contributed by atoms with Gasteiger partial charge in [0.15, 0.2) is 6.61 Å². The van der Waals surface area contributed by atoms with Crippen molar-refractivity contribution in [2.45, 2.75) is 20.3 Å². The minimum Gasteiger partial charge on any atom is -0.483 e. The summed E-state index contributed by atoms with van der Waals surface area (Å²) in [6.07, 6.45) is 1.40. The largest absolute Gasteiger partial charge is 0.483 e. The summed E-state index contributed by atoms with van der Waals surface area (Å²) in [6, 6.07) is 15.1. The Morgan fingerprint density at radius 2 is 1.79 bits per heavy atom. The summed E-state index contributed by atoms with van der Waals surface area (Å²) in [5.41, 5.74) is 7.93. The second-order valence-electron chi connectivity index (χ2n) is 6.34. The van der Waals surface area contributed by atoms with Crippen molar-refractivity contribution >= 4 is 11.8 Å². The van der Waals surface area contributed by atoms with E-state index in [0.29, 0.717) is 17.3 Å². The molecule has 0 aliphatic carbocycles. The number of hydrogen-bond donors (Lipinski definition) is 2. The topological polar surface area (TPSA) is 93.5 Å². The van der Waals surface area contributed by atoms with Gasteiger partial charge < -0.3 is 9.15 Å². The van der Waals surface area contributed by atoms with Crippen LogP contribution in [-0.2, 0) is 16.0 Å². The van der Waals surface area contributed by atoms with Crippen LogP contribution < -0.4 is 15.6 Å². The van der Waals surface area contributed by atoms with Crippen LogP contribution in [0.25, 0.3) is 11.5 Å². The zero-order chi connectivity index (χ0) is 19.9. The molecule has 0 aliphatic heterocycles. The lowest BCUT2D eigenvalue weighted by Gasteiger charge is -2.10. The number of carbonyl (C=O) groups is 2. The van der Waals surface area contributed by atoms with Crippen molar-refractivity contribution in [3.8, 4) is 17.2 Å². The van der Waals surface area contributed by atoms with Gasteiger partial charge in [0.2, 0.25) is 11.8 Å². The van der Waals surface area contributed by atoms with E-state index in [1.165, 1.54) is 6.26 Å². The van der Waals surface area contributed by atoms with Crippen molar-refractivity contribution in [1.82, 2.24) is 15.8 Å². The summed E-state index contributed by atoms with van der Waals surface area (Å²) in [6.45, 7) is 3.64. The third-order valence-corrected chi connectivity index (χ3v) is 3.96. The van der Waals surface area contributed by atoms with Gasteiger partial charge in [-0.05, 0) is 43.2 Å². The standard InChI is InChI=1S/C21H21N3O4/c1-14-8-9-15(2)18(10-14)27-13-20(26)24-23-19(25)11-17-12-28-21(22-17)16-6-4-3-5-7-16/h3-10,12H,11,13H2,1-2H3,(H,23,25)(H,24,26). The molecule has 144 valence electrons. The molecular formula is C21H21N3O4. The highest BCUT2D eigenvalue weighted by molar-refractivity contribution is 5.83. The van der Waals surface area contributed by atoms with Gasteiger partial charge in [0.25, 0.3) is 5.91 Å². The fourth-order valence-corrected chi connectivity index (χ4v) is 2.49. The van der Waals surface area contributed by atoms with Crippen LogP contribution in [-0.4, -0.2) is 23.4 Å². The molecule has 2 N–H and O–H groups in total. The molecule has 0 fully saturated rings. The van der Waals surface area contributed by atoms with Crippen LogP contribution in [0.15, 0.2) is 59.2 Å². The van der Waals surface area contributed by atoms with Gasteiger partial charge in [-0.15, -0.1) is 0 Å². The normalized spacial score (nSPS) is 10.4. The molecule has 0 aliphatic rings. The van der Waals surface area contributed by atoms with E-state index in [4.69, 9.17) is 9.15 Å². The Balaban J connectivity index is 1.45. The average molecular weight is 379 g/mol. The number of ether oxygens (including phenoxy) is 1. The summed E-state index contributed by atoms with van der Waals surface area (Å²) in [4.78, 5) is 28.1. The van der Waals surface area contributed by atoms with Crippen LogP contribution in [0.4, 0.5) is 0 Å². The molecule has 1 aromatic heterocycles. The summed E-state index contributed by atoms with van der Waals surface area (Å²) >= 11 is 0. The van der Waals surface area contributed by atoms with Gasteiger partial charge in [-0.3, -0.25) is 20.4 Å². The number of amides is 2. The first-order valence-electron chi connectivity index (χ1n) is 8.79.